The van der Waals surface area contributed by atoms with Crippen molar-refractivity contribution in [1.29, 1.82) is 0 Å². The highest BCUT2D eigenvalue weighted by atomic mass is 15.0. The van der Waals surface area contributed by atoms with E-state index >= 15 is 0 Å². The Morgan fingerprint density at radius 1 is 0.686 bits per heavy atom. The Kier molecular flexibility index (Phi) is 3.11. The van der Waals surface area contributed by atoms with Gasteiger partial charge < -0.3 is 0 Å². The van der Waals surface area contributed by atoms with Gasteiger partial charge in [0.25, 0.3) is 0 Å². The monoisotopic (exact) mass is 446 g/mol. The molecule has 0 atom stereocenters. The van der Waals surface area contributed by atoms with Gasteiger partial charge in [-0.15, -0.1) is 0 Å². The zero-order chi connectivity index (χ0) is 22.7. The molecule has 4 aromatic heterocycles. The van der Waals surface area contributed by atoms with Crippen LogP contribution in [-0.2, 0) is 12.8 Å². The summed E-state index contributed by atoms with van der Waals surface area (Å²) >= 11 is 0. The zero-order valence-electron chi connectivity index (χ0n) is 18.8. The molecule has 2 aliphatic rings. The number of benzene rings is 3. The van der Waals surface area contributed by atoms with E-state index in [9.17, 15) is 0 Å². The molecule has 0 aliphatic heterocycles. The minimum Gasteiger partial charge on any atom is -0.290 e. The molecule has 4 nitrogen and oxygen atoms in total. The Balaban J connectivity index is 1.44. The van der Waals surface area contributed by atoms with Gasteiger partial charge in [0.1, 0.15) is 11.2 Å². The second-order valence-corrected chi connectivity index (χ2v) is 9.66. The first-order valence-electron chi connectivity index (χ1n) is 12.0. The van der Waals surface area contributed by atoms with Crippen molar-refractivity contribution in [3.05, 3.63) is 108 Å². The van der Waals surface area contributed by atoms with Gasteiger partial charge in [-0.2, -0.15) is 0 Å². The van der Waals surface area contributed by atoms with Crippen LogP contribution in [0.4, 0.5) is 0 Å². The highest BCUT2D eigenvalue weighted by Gasteiger charge is 2.30. The largest absolute Gasteiger partial charge is 0.290 e. The molecule has 0 bridgehead atoms. The van der Waals surface area contributed by atoms with Gasteiger partial charge in [-0.1, -0.05) is 48.5 Å². The molecule has 4 heteroatoms. The fourth-order valence-corrected chi connectivity index (χ4v) is 6.58. The summed E-state index contributed by atoms with van der Waals surface area (Å²) in [4.78, 5) is 14.3. The van der Waals surface area contributed by atoms with Crippen LogP contribution in [-0.4, -0.2) is 19.4 Å². The van der Waals surface area contributed by atoms with E-state index in [0.717, 1.165) is 40.6 Å². The molecule has 0 amide bonds. The Morgan fingerprint density at radius 3 is 2.60 bits per heavy atom. The molecule has 7 aromatic rings. The summed E-state index contributed by atoms with van der Waals surface area (Å²) < 4.78 is 2.27. The van der Waals surface area contributed by atoms with E-state index < -0.39 is 0 Å². The molecular weight excluding hydrogens is 428 g/mol. The SMILES string of the molecule is c1ccc2c(c1)Cc1ccc3c(c1-2)Cc1c-3ccc2c3ncccc3n3c4ccncc4nc3c12. The van der Waals surface area contributed by atoms with Gasteiger partial charge in [-0.3, -0.25) is 14.4 Å². The minimum atomic E-state index is 0.910. The third-order valence-corrected chi connectivity index (χ3v) is 7.99. The van der Waals surface area contributed by atoms with E-state index in [1.54, 1.807) is 0 Å². The van der Waals surface area contributed by atoms with Crippen LogP contribution in [0.25, 0.3) is 60.7 Å². The lowest BCUT2D eigenvalue weighted by Crippen LogP contribution is -1.96. The number of imidazole rings is 1. The Hall–Kier alpha value is -4.57. The average Bonchev–Trinajstić information content (AvgIpc) is 3.59. The van der Waals surface area contributed by atoms with Crippen molar-refractivity contribution in [3.8, 4) is 22.3 Å². The van der Waals surface area contributed by atoms with Crippen LogP contribution in [0.3, 0.4) is 0 Å². The lowest BCUT2D eigenvalue weighted by Gasteiger charge is -2.11. The van der Waals surface area contributed by atoms with E-state index in [4.69, 9.17) is 9.97 Å². The Bertz CT molecular complexity index is 2070. The topological polar surface area (TPSA) is 43.1 Å². The summed E-state index contributed by atoms with van der Waals surface area (Å²) in [5.74, 6) is 0. The van der Waals surface area contributed by atoms with E-state index in [1.165, 1.54) is 55.3 Å². The van der Waals surface area contributed by atoms with Gasteiger partial charge in [0.2, 0.25) is 0 Å². The summed E-state index contributed by atoms with van der Waals surface area (Å²) in [5, 5.41) is 2.38. The maximum absolute atomic E-state index is 5.11. The number of rotatable bonds is 0. The van der Waals surface area contributed by atoms with Crippen LogP contribution in [0.15, 0.2) is 85.3 Å². The summed E-state index contributed by atoms with van der Waals surface area (Å²) in [6.07, 6.45) is 7.52. The standard InChI is InChI=1S/C31H18N4/c1-2-5-19-17(4-1)14-18-7-8-20-21-9-10-22-29(24(21)15-23(20)28(18)19)31-34-25-16-32-13-11-26(25)35(31)27-6-3-12-33-30(22)27/h1-13,16H,14-15H2. The van der Waals surface area contributed by atoms with Gasteiger partial charge in [0.05, 0.1) is 22.7 Å². The molecule has 4 heterocycles. The molecule has 0 spiro atoms. The van der Waals surface area contributed by atoms with Gasteiger partial charge in [-0.25, -0.2) is 4.98 Å². The average molecular weight is 447 g/mol. The molecule has 3 aromatic carbocycles. The van der Waals surface area contributed by atoms with E-state index in [2.05, 4.69) is 70.0 Å². The summed E-state index contributed by atoms with van der Waals surface area (Å²) in [6.45, 7) is 0. The first-order chi connectivity index (χ1) is 17.4. The summed E-state index contributed by atoms with van der Waals surface area (Å²) in [5.41, 5.74) is 16.3. The molecule has 9 rings (SSSR count). The molecule has 0 radical (unpaired) electrons. The van der Waals surface area contributed by atoms with E-state index in [-0.39, 0.29) is 0 Å². The summed E-state index contributed by atoms with van der Waals surface area (Å²) in [6, 6.07) is 24.3. The Labute approximate surface area is 200 Å². The second kappa shape index (κ2) is 6.10. The molecule has 2 aliphatic carbocycles. The van der Waals surface area contributed by atoms with E-state index in [1.807, 2.05) is 24.7 Å². The van der Waals surface area contributed by atoms with Gasteiger partial charge in [0.15, 0.2) is 0 Å². The van der Waals surface area contributed by atoms with Gasteiger partial charge >= 0.3 is 0 Å². The number of fused-ring (bicyclic) bond motifs is 16. The number of pyridine rings is 3. The van der Waals surface area contributed by atoms with Crippen LogP contribution in [0.2, 0.25) is 0 Å². The highest BCUT2D eigenvalue weighted by molar-refractivity contribution is 6.15. The normalized spacial score (nSPS) is 13.5. The van der Waals surface area contributed by atoms with Crippen molar-refractivity contribution < 1.29 is 0 Å². The molecular formula is C31H18N4. The van der Waals surface area contributed by atoms with Crippen molar-refractivity contribution in [2.24, 2.45) is 0 Å². The van der Waals surface area contributed by atoms with Crippen LogP contribution in [0.1, 0.15) is 22.3 Å². The summed E-state index contributed by atoms with van der Waals surface area (Å²) in [7, 11) is 0. The number of hydrogen-bond donors (Lipinski definition) is 0. The number of hydrogen-bond acceptors (Lipinski definition) is 3. The quantitative estimate of drug-likeness (QED) is 0.243. The third kappa shape index (κ3) is 2.11. The van der Waals surface area contributed by atoms with Crippen molar-refractivity contribution in [1.82, 2.24) is 19.4 Å². The third-order valence-electron chi connectivity index (χ3n) is 7.99. The molecule has 162 valence electrons. The van der Waals surface area contributed by atoms with Crippen molar-refractivity contribution in [2.75, 3.05) is 0 Å². The highest BCUT2D eigenvalue weighted by Crippen LogP contribution is 2.50. The fourth-order valence-electron chi connectivity index (χ4n) is 6.58. The van der Waals surface area contributed by atoms with Crippen LogP contribution < -0.4 is 0 Å². The molecule has 0 fully saturated rings. The van der Waals surface area contributed by atoms with E-state index in [0.29, 0.717) is 0 Å². The zero-order valence-corrected chi connectivity index (χ0v) is 18.8. The van der Waals surface area contributed by atoms with Crippen molar-refractivity contribution >= 4 is 38.5 Å². The lowest BCUT2D eigenvalue weighted by atomic mass is 9.95. The number of aromatic nitrogens is 4. The fraction of sp³-hybridized carbons (Fsp3) is 0.0645. The molecule has 35 heavy (non-hydrogen) atoms. The maximum atomic E-state index is 5.11. The van der Waals surface area contributed by atoms with Crippen LogP contribution in [0, 0.1) is 0 Å². The first kappa shape index (κ1) is 17.8. The smallest absolute Gasteiger partial charge is 0.146 e. The Morgan fingerprint density at radius 2 is 1.60 bits per heavy atom. The predicted molar refractivity (Wildman–Crippen MR) is 140 cm³/mol. The second-order valence-electron chi connectivity index (χ2n) is 9.66. The molecule has 0 saturated heterocycles. The molecule has 0 N–H and O–H groups in total. The van der Waals surface area contributed by atoms with Crippen molar-refractivity contribution in [3.63, 3.8) is 0 Å². The minimum absolute atomic E-state index is 0.910. The predicted octanol–water partition coefficient (Wildman–Crippen LogP) is 6.73. The maximum Gasteiger partial charge on any atom is 0.146 e. The lowest BCUT2D eigenvalue weighted by molar-refractivity contribution is 1.24. The first-order valence-corrected chi connectivity index (χ1v) is 12.0. The van der Waals surface area contributed by atoms with Gasteiger partial charge in [-0.05, 0) is 69.1 Å². The molecule has 0 saturated carbocycles. The van der Waals surface area contributed by atoms with Crippen molar-refractivity contribution in [2.45, 2.75) is 12.8 Å². The number of nitrogens with zero attached hydrogens (tertiary/aromatic N) is 4. The van der Waals surface area contributed by atoms with Crippen LogP contribution >= 0.6 is 0 Å². The van der Waals surface area contributed by atoms with Gasteiger partial charge in [0, 0.05) is 29.6 Å². The molecule has 0 unspecified atom stereocenters. The van der Waals surface area contributed by atoms with Crippen LogP contribution in [0.5, 0.6) is 0 Å².